The molecule has 16 heavy (non-hydrogen) atoms. The molecule has 2 aliphatic rings. The molecule has 0 bridgehead atoms. The van der Waals surface area contributed by atoms with Gasteiger partial charge in [-0.3, -0.25) is 4.79 Å². The number of benzene rings is 1. The van der Waals surface area contributed by atoms with E-state index in [2.05, 4.69) is 17.4 Å². The molecule has 3 rings (SSSR count). The fourth-order valence-electron chi connectivity index (χ4n) is 3.09. The molecule has 0 fully saturated rings. The third-order valence-electron chi connectivity index (χ3n) is 3.81. The Labute approximate surface area is 96.1 Å². The second-order valence-corrected chi connectivity index (χ2v) is 4.97. The van der Waals surface area contributed by atoms with Gasteiger partial charge in [-0.1, -0.05) is 12.1 Å². The predicted octanol–water partition coefficient (Wildman–Crippen LogP) is 2.30. The number of hydrogen-bond acceptors (Lipinski definition) is 1. The molecule has 0 heterocycles. The first-order valence-corrected chi connectivity index (χ1v) is 6.16. The molecular formula is C14H17NO. The molecule has 0 saturated heterocycles. The van der Waals surface area contributed by atoms with Crippen LogP contribution in [0.4, 0.5) is 0 Å². The summed E-state index contributed by atoms with van der Waals surface area (Å²) in [5, 5.41) is 3.05. The largest absolute Gasteiger partial charge is 0.350 e. The Balaban J connectivity index is 1.96. The first-order valence-electron chi connectivity index (χ1n) is 6.16. The first-order chi connectivity index (χ1) is 7.74. The average Bonchev–Trinajstić information content (AvgIpc) is 2.81. The molecule has 0 aliphatic heterocycles. The standard InChI is InChI=1S/C14H17NO/c1-9(16)15-14-6-5-12-7-10-3-2-4-11(10)8-13(12)14/h7-8,14H,2-6H2,1H3,(H,15,16). The average molecular weight is 215 g/mol. The SMILES string of the molecule is CC(=O)NC1CCc2cc3c(cc21)CCC3. The number of nitrogens with one attached hydrogen (secondary N) is 1. The van der Waals surface area contributed by atoms with Crippen molar-refractivity contribution >= 4 is 5.91 Å². The van der Waals surface area contributed by atoms with Crippen molar-refractivity contribution in [3.63, 3.8) is 0 Å². The maximum absolute atomic E-state index is 11.1. The highest BCUT2D eigenvalue weighted by molar-refractivity contribution is 5.73. The van der Waals surface area contributed by atoms with E-state index in [1.807, 2.05) is 0 Å². The van der Waals surface area contributed by atoms with Gasteiger partial charge in [0, 0.05) is 6.92 Å². The number of carbonyl (C=O) groups excluding carboxylic acids is 1. The number of aryl methyl sites for hydroxylation is 3. The van der Waals surface area contributed by atoms with E-state index in [0.29, 0.717) is 0 Å². The van der Waals surface area contributed by atoms with E-state index < -0.39 is 0 Å². The maximum atomic E-state index is 11.1. The van der Waals surface area contributed by atoms with Gasteiger partial charge >= 0.3 is 0 Å². The van der Waals surface area contributed by atoms with Crippen molar-refractivity contribution < 1.29 is 4.79 Å². The summed E-state index contributed by atoms with van der Waals surface area (Å²) in [6, 6.07) is 4.98. The van der Waals surface area contributed by atoms with E-state index >= 15 is 0 Å². The number of amides is 1. The zero-order valence-corrected chi connectivity index (χ0v) is 9.68. The molecule has 1 aromatic carbocycles. The van der Waals surface area contributed by atoms with Crippen LogP contribution in [0.2, 0.25) is 0 Å². The van der Waals surface area contributed by atoms with Gasteiger partial charge in [-0.25, -0.2) is 0 Å². The quantitative estimate of drug-likeness (QED) is 0.765. The van der Waals surface area contributed by atoms with Crippen molar-refractivity contribution in [3.8, 4) is 0 Å². The molecule has 0 aromatic heterocycles. The number of hydrogen-bond donors (Lipinski definition) is 1. The van der Waals surface area contributed by atoms with E-state index in [4.69, 9.17) is 0 Å². The summed E-state index contributed by atoms with van der Waals surface area (Å²) in [7, 11) is 0. The first kappa shape index (κ1) is 9.88. The zero-order valence-electron chi connectivity index (χ0n) is 9.68. The summed E-state index contributed by atoms with van der Waals surface area (Å²) in [6.07, 6.45) is 5.94. The number of fused-ring (bicyclic) bond motifs is 2. The molecule has 0 saturated carbocycles. The summed E-state index contributed by atoms with van der Waals surface area (Å²) in [4.78, 5) is 11.1. The minimum Gasteiger partial charge on any atom is -0.350 e. The van der Waals surface area contributed by atoms with E-state index in [0.717, 1.165) is 12.8 Å². The fraction of sp³-hybridized carbons (Fsp3) is 0.500. The molecule has 84 valence electrons. The van der Waals surface area contributed by atoms with Crippen LogP contribution >= 0.6 is 0 Å². The lowest BCUT2D eigenvalue weighted by Gasteiger charge is -2.13. The van der Waals surface area contributed by atoms with Crippen molar-refractivity contribution in [2.75, 3.05) is 0 Å². The Kier molecular flexibility index (Phi) is 2.23. The molecule has 2 aliphatic carbocycles. The van der Waals surface area contributed by atoms with Crippen molar-refractivity contribution in [2.24, 2.45) is 0 Å². The smallest absolute Gasteiger partial charge is 0.217 e. The van der Waals surface area contributed by atoms with Crippen molar-refractivity contribution in [2.45, 2.75) is 45.1 Å². The van der Waals surface area contributed by atoms with Gasteiger partial charge < -0.3 is 5.32 Å². The highest BCUT2D eigenvalue weighted by Crippen LogP contribution is 2.35. The fourth-order valence-corrected chi connectivity index (χ4v) is 3.09. The summed E-state index contributed by atoms with van der Waals surface area (Å²) < 4.78 is 0. The predicted molar refractivity (Wildman–Crippen MR) is 63.3 cm³/mol. The van der Waals surface area contributed by atoms with Crippen LogP contribution in [0, 0.1) is 0 Å². The van der Waals surface area contributed by atoms with Gasteiger partial charge in [-0.15, -0.1) is 0 Å². The van der Waals surface area contributed by atoms with E-state index in [-0.39, 0.29) is 11.9 Å². The minimum absolute atomic E-state index is 0.0818. The van der Waals surface area contributed by atoms with Crippen LogP contribution in [-0.4, -0.2) is 5.91 Å². The molecule has 1 atom stereocenters. The Hall–Kier alpha value is -1.31. The van der Waals surface area contributed by atoms with Crippen LogP contribution in [0.5, 0.6) is 0 Å². The third-order valence-corrected chi connectivity index (χ3v) is 3.81. The molecule has 0 spiro atoms. The maximum Gasteiger partial charge on any atom is 0.217 e. The van der Waals surface area contributed by atoms with Gasteiger partial charge in [-0.2, -0.15) is 0 Å². The molecule has 2 nitrogen and oxygen atoms in total. The van der Waals surface area contributed by atoms with Gasteiger partial charge in [-0.05, 0) is 54.4 Å². The second-order valence-electron chi connectivity index (χ2n) is 4.97. The van der Waals surface area contributed by atoms with Crippen molar-refractivity contribution in [1.29, 1.82) is 0 Å². The third kappa shape index (κ3) is 1.53. The molecule has 1 amide bonds. The molecule has 1 unspecified atom stereocenters. The Morgan fingerprint density at radius 1 is 1.19 bits per heavy atom. The Morgan fingerprint density at radius 3 is 2.69 bits per heavy atom. The summed E-state index contributed by atoms with van der Waals surface area (Å²) in [5.41, 5.74) is 5.88. The summed E-state index contributed by atoms with van der Waals surface area (Å²) in [6.45, 7) is 1.60. The highest BCUT2D eigenvalue weighted by atomic mass is 16.1. The minimum atomic E-state index is 0.0818. The Bertz CT molecular complexity index is 450. The van der Waals surface area contributed by atoms with Crippen LogP contribution in [0.1, 0.15) is 48.1 Å². The van der Waals surface area contributed by atoms with E-state index in [1.165, 1.54) is 36.0 Å². The number of rotatable bonds is 1. The van der Waals surface area contributed by atoms with Gasteiger partial charge in [0.05, 0.1) is 6.04 Å². The lowest BCUT2D eigenvalue weighted by molar-refractivity contribution is -0.119. The molecule has 1 N–H and O–H groups in total. The monoisotopic (exact) mass is 215 g/mol. The highest BCUT2D eigenvalue weighted by Gasteiger charge is 2.25. The molecular weight excluding hydrogens is 198 g/mol. The van der Waals surface area contributed by atoms with E-state index in [1.54, 1.807) is 12.5 Å². The van der Waals surface area contributed by atoms with Crippen LogP contribution in [-0.2, 0) is 24.1 Å². The normalized spacial score (nSPS) is 21.7. The lowest BCUT2D eigenvalue weighted by Crippen LogP contribution is -2.24. The summed E-state index contributed by atoms with van der Waals surface area (Å²) >= 11 is 0. The van der Waals surface area contributed by atoms with Gasteiger partial charge in [0.1, 0.15) is 0 Å². The van der Waals surface area contributed by atoms with Crippen LogP contribution < -0.4 is 5.32 Å². The Morgan fingerprint density at radius 2 is 1.94 bits per heavy atom. The van der Waals surface area contributed by atoms with Crippen molar-refractivity contribution in [3.05, 3.63) is 34.4 Å². The van der Waals surface area contributed by atoms with E-state index in [9.17, 15) is 4.79 Å². The van der Waals surface area contributed by atoms with Gasteiger partial charge in [0.15, 0.2) is 0 Å². The van der Waals surface area contributed by atoms with Crippen LogP contribution in [0.3, 0.4) is 0 Å². The molecule has 1 aromatic rings. The van der Waals surface area contributed by atoms with Crippen LogP contribution in [0.15, 0.2) is 12.1 Å². The van der Waals surface area contributed by atoms with Crippen LogP contribution in [0.25, 0.3) is 0 Å². The lowest BCUT2D eigenvalue weighted by atomic mass is 10.0. The number of carbonyl (C=O) groups is 1. The van der Waals surface area contributed by atoms with Gasteiger partial charge in [0.2, 0.25) is 5.91 Å². The second kappa shape index (κ2) is 3.62. The van der Waals surface area contributed by atoms with Crippen molar-refractivity contribution in [1.82, 2.24) is 5.32 Å². The molecule has 2 heteroatoms. The van der Waals surface area contributed by atoms with Gasteiger partial charge in [0.25, 0.3) is 0 Å². The molecule has 0 radical (unpaired) electrons. The summed E-state index contributed by atoms with van der Waals surface area (Å²) in [5.74, 6) is 0.0818. The topological polar surface area (TPSA) is 29.1 Å². The zero-order chi connectivity index (χ0) is 11.1.